The second kappa shape index (κ2) is 6.30. The van der Waals surface area contributed by atoms with Crippen molar-refractivity contribution in [2.45, 2.75) is 19.8 Å². The van der Waals surface area contributed by atoms with Crippen LogP contribution in [0.1, 0.15) is 35.7 Å². The van der Waals surface area contributed by atoms with Gasteiger partial charge in [-0.25, -0.2) is 0 Å². The zero-order chi connectivity index (χ0) is 18.3. The Balaban J connectivity index is 2.05. The van der Waals surface area contributed by atoms with E-state index < -0.39 is 0 Å². The Hall–Kier alpha value is -3.14. The maximum atomic E-state index is 12.3. The lowest BCUT2D eigenvalue weighted by Gasteiger charge is -2.13. The van der Waals surface area contributed by atoms with Crippen LogP contribution in [-0.4, -0.2) is 22.9 Å². The van der Waals surface area contributed by atoms with E-state index in [1.807, 2.05) is 18.5 Å². The lowest BCUT2D eigenvalue weighted by atomic mass is 9.92. The number of benzene rings is 2. The second-order valence-corrected chi connectivity index (χ2v) is 6.83. The maximum Gasteiger partial charge on any atom is 0.253 e. The summed E-state index contributed by atoms with van der Waals surface area (Å²) in [5, 5.41) is 5.95. The smallest absolute Gasteiger partial charge is 0.253 e. The Morgan fingerprint density at radius 3 is 2.77 bits per heavy atom. The molecule has 4 rings (SSSR count). The van der Waals surface area contributed by atoms with Crippen molar-refractivity contribution in [3.05, 3.63) is 66.1 Å². The molecule has 0 unspecified atom stereocenters. The van der Waals surface area contributed by atoms with Gasteiger partial charge in [0, 0.05) is 41.9 Å². The van der Waals surface area contributed by atoms with Crippen LogP contribution < -0.4 is 5.32 Å². The summed E-state index contributed by atoms with van der Waals surface area (Å²) < 4.78 is 0. The molecule has 0 fully saturated rings. The first-order valence-electron chi connectivity index (χ1n) is 8.80. The third-order valence-corrected chi connectivity index (χ3v) is 4.91. The number of hydrogen-bond acceptors (Lipinski definition) is 2. The van der Waals surface area contributed by atoms with Crippen molar-refractivity contribution in [3.63, 3.8) is 0 Å². The molecular weight excluding hydrogens is 322 g/mol. The van der Waals surface area contributed by atoms with E-state index in [0.717, 1.165) is 32.8 Å². The van der Waals surface area contributed by atoms with Crippen molar-refractivity contribution in [2.24, 2.45) is 0 Å². The van der Waals surface area contributed by atoms with Gasteiger partial charge in [-0.05, 0) is 46.2 Å². The average Bonchev–Trinajstić information content (AvgIpc) is 3.10. The van der Waals surface area contributed by atoms with Crippen LogP contribution in [0.4, 0.5) is 0 Å². The number of pyridine rings is 1. The van der Waals surface area contributed by atoms with E-state index in [1.54, 1.807) is 13.2 Å². The predicted molar refractivity (Wildman–Crippen MR) is 107 cm³/mol. The highest BCUT2D eigenvalue weighted by Crippen LogP contribution is 2.35. The fourth-order valence-electron chi connectivity index (χ4n) is 3.56. The van der Waals surface area contributed by atoms with Crippen molar-refractivity contribution >= 4 is 27.6 Å². The SMILES string of the molecule is CNC(=O)c1c[nH]c2c(C(C)C)cc(-c3cccc4ccncc34)cc12. The minimum atomic E-state index is -0.0808. The van der Waals surface area contributed by atoms with Crippen LogP contribution in [-0.2, 0) is 0 Å². The molecular formula is C22H21N3O. The molecule has 0 bridgehead atoms. The van der Waals surface area contributed by atoms with Crippen LogP contribution in [0.15, 0.2) is 55.0 Å². The van der Waals surface area contributed by atoms with E-state index in [2.05, 4.69) is 59.5 Å². The molecule has 0 saturated heterocycles. The highest BCUT2D eigenvalue weighted by molar-refractivity contribution is 6.09. The van der Waals surface area contributed by atoms with Gasteiger partial charge in [0.25, 0.3) is 5.91 Å². The van der Waals surface area contributed by atoms with Crippen LogP contribution >= 0.6 is 0 Å². The Morgan fingerprint density at radius 2 is 2.00 bits per heavy atom. The van der Waals surface area contributed by atoms with E-state index in [0.29, 0.717) is 11.5 Å². The summed E-state index contributed by atoms with van der Waals surface area (Å²) in [6.07, 6.45) is 5.51. The molecule has 0 aliphatic heterocycles. The van der Waals surface area contributed by atoms with E-state index in [1.165, 1.54) is 5.56 Å². The monoisotopic (exact) mass is 343 g/mol. The van der Waals surface area contributed by atoms with Gasteiger partial charge < -0.3 is 10.3 Å². The molecule has 2 aromatic heterocycles. The fraction of sp³-hybridized carbons (Fsp3) is 0.182. The number of carbonyl (C=O) groups excluding carboxylic acids is 1. The van der Waals surface area contributed by atoms with Crippen molar-refractivity contribution in [2.75, 3.05) is 7.05 Å². The molecule has 4 aromatic rings. The summed E-state index contributed by atoms with van der Waals surface area (Å²) in [5.74, 6) is 0.254. The Bertz CT molecular complexity index is 1120. The highest BCUT2D eigenvalue weighted by Gasteiger charge is 2.17. The maximum absolute atomic E-state index is 12.3. The molecule has 2 heterocycles. The predicted octanol–water partition coefficient (Wildman–Crippen LogP) is 4.87. The number of rotatable bonds is 3. The normalized spacial score (nSPS) is 11.4. The summed E-state index contributed by atoms with van der Waals surface area (Å²) >= 11 is 0. The second-order valence-electron chi connectivity index (χ2n) is 6.83. The summed E-state index contributed by atoms with van der Waals surface area (Å²) in [5.41, 5.74) is 5.13. The first kappa shape index (κ1) is 16.3. The van der Waals surface area contributed by atoms with Crippen molar-refractivity contribution in [1.29, 1.82) is 0 Å². The number of H-pyrrole nitrogens is 1. The first-order valence-corrected chi connectivity index (χ1v) is 8.80. The number of nitrogens with one attached hydrogen (secondary N) is 2. The number of aromatic nitrogens is 2. The van der Waals surface area contributed by atoms with Crippen molar-refractivity contribution in [3.8, 4) is 11.1 Å². The Kier molecular flexibility index (Phi) is 3.96. The van der Waals surface area contributed by atoms with Gasteiger partial charge in [-0.3, -0.25) is 9.78 Å². The molecule has 0 aliphatic rings. The summed E-state index contributed by atoms with van der Waals surface area (Å²) in [7, 11) is 1.66. The third-order valence-electron chi connectivity index (χ3n) is 4.91. The van der Waals surface area contributed by atoms with Gasteiger partial charge in [0.05, 0.1) is 5.56 Å². The third kappa shape index (κ3) is 2.54. The number of carbonyl (C=O) groups is 1. The van der Waals surface area contributed by atoms with E-state index in [9.17, 15) is 4.79 Å². The van der Waals surface area contributed by atoms with Crippen LogP contribution in [0, 0.1) is 0 Å². The largest absolute Gasteiger partial charge is 0.360 e. The van der Waals surface area contributed by atoms with Gasteiger partial charge in [-0.1, -0.05) is 32.0 Å². The minimum absolute atomic E-state index is 0.0808. The zero-order valence-electron chi connectivity index (χ0n) is 15.1. The molecule has 2 N–H and O–H groups in total. The summed E-state index contributed by atoms with van der Waals surface area (Å²) in [6, 6.07) is 12.6. The molecule has 4 nitrogen and oxygen atoms in total. The quantitative estimate of drug-likeness (QED) is 0.558. The molecule has 130 valence electrons. The van der Waals surface area contributed by atoms with Crippen LogP contribution in [0.2, 0.25) is 0 Å². The fourth-order valence-corrected chi connectivity index (χ4v) is 3.56. The number of nitrogens with zero attached hydrogens (tertiary/aromatic N) is 1. The molecule has 0 spiro atoms. The van der Waals surface area contributed by atoms with Gasteiger partial charge in [0.2, 0.25) is 0 Å². The number of aromatic amines is 1. The average molecular weight is 343 g/mol. The summed E-state index contributed by atoms with van der Waals surface area (Å²) in [6.45, 7) is 4.34. The van der Waals surface area contributed by atoms with Crippen LogP contribution in [0.25, 0.3) is 32.8 Å². The first-order chi connectivity index (χ1) is 12.6. The van der Waals surface area contributed by atoms with Crippen LogP contribution in [0.3, 0.4) is 0 Å². The van der Waals surface area contributed by atoms with Gasteiger partial charge in [0.1, 0.15) is 0 Å². The standard InChI is InChI=1S/C22H21N3O/c1-13(2)17-9-15(10-18-20(22(26)23-3)12-25-21(17)18)16-6-4-5-14-7-8-24-11-19(14)16/h4-13,25H,1-3H3,(H,23,26). The van der Waals surface area contributed by atoms with E-state index in [-0.39, 0.29) is 5.91 Å². The summed E-state index contributed by atoms with van der Waals surface area (Å²) in [4.78, 5) is 19.9. The lowest BCUT2D eigenvalue weighted by molar-refractivity contribution is 0.0965. The molecule has 4 heteroatoms. The van der Waals surface area contributed by atoms with E-state index in [4.69, 9.17) is 0 Å². The molecule has 1 amide bonds. The molecule has 0 aliphatic carbocycles. The lowest BCUT2D eigenvalue weighted by Crippen LogP contribution is -2.17. The Morgan fingerprint density at radius 1 is 1.15 bits per heavy atom. The van der Waals surface area contributed by atoms with Crippen molar-refractivity contribution < 1.29 is 4.79 Å². The molecule has 26 heavy (non-hydrogen) atoms. The minimum Gasteiger partial charge on any atom is -0.360 e. The van der Waals surface area contributed by atoms with Crippen LogP contribution in [0.5, 0.6) is 0 Å². The topological polar surface area (TPSA) is 57.8 Å². The number of hydrogen-bond donors (Lipinski definition) is 2. The highest BCUT2D eigenvalue weighted by atomic mass is 16.1. The molecule has 2 aromatic carbocycles. The number of fused-ring (bicyclic) bond motifs is 2. The molecule has 0 atom stereocenters. The Labute approximate surface area is 152 Å². The number of amides is 1. The van der Waals surface area contributed by atoms with E-state index >= 15 is 0 Å². The van der Waals surface area contributed by atoms with Gasteiger partial charge in [-0.2, -0.15) is 0 Å². The van der Waals surface area contributed by atoms with Crippen molar-refractivity contribution in [1.82, 2.24) is 15.3 Å². The van der Waals surface area contributed by atoms with Gasteiger partial charge >= 0.3 is 0 Å². The van der Waals surface area contributed by atoms with Gasteiger partial charge in [-0.15, -0.1) is 0 Å². The van der Waals surface area contributed by atoms with Gasteiger partial charge in [0.15, 0.2) is 0 Å². The molecule has 0 saturated carbocycles. The zero-order valence-corrected chi connectivity index (χ0v) is 15.1. The molecule has 0 radical (unpaired) electrons.